The van der Waals surface area contributed by atoms with Gasteiger partial charge in [0.15, 0.2) is 0 Å². The normalized spacial score (nSPS) is 19.3. The van der Waals surface area contributed by atoms with Gasteiger partial charge < -0.3 is 16.0 Å². The monoisotopic (exact) mass is 409 g/mol. The summed E-state index contributed by atoms with van der Waals surface area (Å²) >= 11 is 0. The van der Waals surface area contributed by atoms with E-state index >= 15 is 0 Å². The van der Waals surface area contributed by atoms with Crippen LogP contribution in [0.15, 0.2) is 60.7 Å². The Morgan fingerprint density at radius 3 is 2.48 bits per heavy atom. The van der Waals surface area contributed by atoms with Crippen molar-refractivity contribution in [3.8, 4) is 28.5 Å². The van der Waals surface area contributed by atoms with E-state index in [0.29, 0.717) is 18.5 Å². The number of rotatable bonds is 4. The molecule has 5 nitrogen and oxygen atoms in total. The second-order valence-electron chi connectivity index (χ2n) is 8.68. The fourth-order valence-corrected chi connectivity index (χ4v) is 4.69. The van der Waals surface area contributed by atoms with E-state index in [4.69, 9.17) is 16.0 Å². The second-order valence-corrected chi connectivity index (χ2v) is 8.68. The highest BCUT2D eigenvalue weighted by Gasteiger charge is 2.34. The van der Waals surface area contributed by atoms with Crippen LogP contribution in [-0.4, -0.2) is 11.0 Å². The predicted molar refractivity (Wildman–Crippen MR) is 123 cm³/mol. The maximum atomic E-state index is 12.9. The highest BCUT2D eigenvalue weighted by atomic mass is 16.5. The fourth-order valence-electron chi connectivity index (χ4n) is 4.69. The molecule has 0 bridgehead atoms. The van der Waals surface area contributed by atoms with Crippen LogP contribution in [-0.2, 0) is 12.0 Å². The van der Waals surface area contributed by atoms with Gasteiger partial charge in [-0.25, -0.2) is 0 Å². The number of nitrogens with two attached hydrogens (primary N) is 1. The summed E-state index contributed by atoms with van der Waals surface area (Å²) < 4.78 is 0. The number of anilines is 1. The molecule has 0 radical (unpaired) electrons. The van der Waals surface area contributed by atoms with Crippen LogP contribution >= 0.6 is 0 Å². The molecule has 2 aliphatic rings. The first kappa shape index (κ1) is 19.7. The van der Waals surface area contributed by atoms with Gasteiger partial charge in [-0.3, -0.25) is 4.98 Å². The Kier molecular flexibility index (Phi) is 4.97. The van der Waals surface area contributed by atoms with Crippen molar-refractivity contribution in [3.05, 3.63) is 77.1 Å². The third kappa shape index (κ3) is 3.48. The highest BCUT2D eigenvalue weighted by molar-refractivity contribution is 5.84. The molecule has 1 aliphatic heterocycles. The van der Waals surface area contributed by atoms with E-state index in [9.17, 15) is 5.21 Å². The van der Waals surface area contributed by atoms with E-state index in [2.05, 4.69) is 30.3 Å². The summed E-state index contributed by atoms with van der Waals surface area (Å²) in [7, 11) is 0. The van der Waals surface area contributed by atoms with Crippen molar-refractivity contribution in [1.29, 1.82) is 5.26 Å². The molecule has 1 aliphatic carbocycles. The average Bonchev–Trinajstić information content (AvgIpc) is 2.79. The van der Waals surface area contributed by atoms with E-state index in [1.165, 1.54) is 12.0 Å². The fraction of sp³-hybridized carbons (Fsp3) is 0.308. The molecule has 2 N–H and O–H groups in total. The molecule has 5 heteroatoms. The molecule has 0 amide bonds. The maximum absolute atomic E-state index is 12.9. The predicted octanol–water partition coefficient (Wildman–Crippen LogP) is 5.29. The molecule has 1 fully saturated rings. The van der Waals surface area contributed by atoms with E-state index in [1.807, 2.05) is 36.4 Å². The van der Waals surface area contributed by atoms with Crippen molar-refractivity contribution >= 4 is 5.69 Å². The second kappa shape index (κ2) is 7.81. The minimum Gasteiger partial charge on any atom is -0.758 e. The van der Waals surface area contributed by atoms with Gasteiger partial charge >= 0.3 is 0 Å². The largest absolute Gasteiger partial charge is 0.758 e. The molecular weight excluding hydrogens is 384 g/mol. The first-order valence-corrected chi connectivity index (χ1v) is 10.9. The molecule has 0 saturated heterocycles. The number of nitrogens with zero attached hydrogens (tertiary/aromatic N) is 3. The lowest BCUT2D eigenvalue weighted by Gasteiger charge is -2.43. The Morgan fingerprint density at radius 2 is 1.84 bits per heavy atom. The van der Waals surface area contributed by atoms with Crippen molar-refractivity contribution in [1.82, 2.24) is 4.98 Å². The molecule has 1 atom stereocenters. The molecule has 1 saturated carbocycles. The van der Waals surface area contributed by atoms with Gasteiger partial charge in [-0.05, 0) is 49.3 Å². The highest BCUT2D eigenvalue weighted by Crippen LogP contribution is 2.41. The molecule has 2 heterocycles. The molecule has 156 valence electrons. The van der Waals surface area contributed by atoms with Crippen molar-refractivity contribution in [2.75, 3.05) is 5.06 Å². The third-order valence-electron chi connectivity index (χ3n) is 6.75. The lowest BCUT2D eigenvalue weighted by atomic mass is 9.72. The Labute approximate surface area is 182 Å². The average molecular weight is 410 g/mol. The number of aryl methyl sites for hydroxylation is 1. The number of aromatic nitrogens is 1. The standard InChI is InChI=1S/C26H25N4O/c27-16-13-21-11-12-23-24(30(21)31)17-22(18-5-2-1-3-6-18)25(29-23)19-7-9-20(10-8-19)26(28)14-4-15-26/h1-3,5-10,17,21H,4,11-15,28H2/q-1. The van der Waals surface area contributed by atoms with Gasteiger partial charge in [0.2, 0.25) is 0 Å². The zero-order valence-corrected chi connectivity index (χ0v) is 17.4. The van der Waals surface area contributed by atoms with Crippen LogP contribution in [0.4, 0.5) is 5.69 Å². The van der Waals surface area contributed by atoms with Crippen LogP contribution in [0, 0.1) is 16.5 Å². The summed E-state index contributed by atoms with van der Waals surface area (Å²) in [5.41, 5.74) is 12.7. The van der Waals surface area contributed by atoms with Gasteiger partial charge in [-0.15, -0.1) is 0 Å². The minimum absolute atomic E-state index is 0.192. The lowest BCUT2D eigenvalue weighted by molar-refractivity contribution is 0.253. The molecule has 3 aromatic rings. The summed E-state index contributed by atoms with van der Waals surface area (Å²) in [4.78, 5) is 4.98. The Bertz CT molecular complexity index is 1130. The number of pyridine rings is 1. The van der Waals surface area contributed by atoms with Gasteiger partial charge in [0, 0.05) is 28.4 Å². The molecule has 1 unspecified atom stereocenters. The van der Waals surface area contributed by atoms with Crippen LogP contribution in [0.5, 0.6) is 0 Å². The number of hydroxylamine groups is 1. The molecule has 2 aromatic carbocycles. The van der Waals surface area contributed by atoms with Crippen molar-refractivity contribution in [2.45, 2.75) is 50.1 Å². The summed E-state index contributed by atoms with van der Waals surface area (Å²) in [5.74, 6) is 0. The van der Waals surface area contributed by atoms with Gasteiger partial charge in [-0.2, -0.15) is 5.26 Å². The van der Waals surface area contributed by atoms with Gasteiger partial charge in [0.25, 0.3) is 0 Å². The quantitative estimate of drug-likeness (QED) is 0.633. The first-order valence-electron chi connectivity index (χ1n) is 10.9. The Balaban J connectivity index is 1.61. The van der Waals surface area contributed by atoms with Crippen molar-refractivity contribution in [3.63, 3.8) is 0 Å². The summed E-state index contributed by atoms with van der Waals surface area (Å²) in [6.45, 7) is 0. The van der Waals surface area contributed by atoms with Crippen LogP contribution in [0.1, 0.15) is 43.4 Å². The van der Waals surface area contributed by atoms with Crippen LogP contribution in [0.25, 0.3) is 22.4 Å². The summed E-state index contributed by atoms with van der Waals surface area (Å²) in [5, 5.41) is 23.0. The van der Waals surface area contributed by atoms with Gasteiger partial charge in [0.05, 0.1) is 23.9 Å². The number of nitriles is 1. The maximum Gasteiger partial charge on any atom is 0.0785 e. The molecule has 31 heavy (non-hydrogen) atoms. The van der Waals surface area contributed by atoms with Crippen molar-refractivity contribution < 1.29 is 0 Å². The van der Waals surface area contributed by atoms with Gasteiger partial charge in [-0.1, -0.05) is 54.6 Å². The van der Waals surface area contributed by atoms with Crippen LogP contribution in [0.3, 0.4) is 0 Å². The molecule has 0 spiro atoms. The number of benzene rings is 2. The van der Waals surface area contributed by atoms with E-state index in [0.717, 1.165) is 46.0 Å². The summed E-state index contributed by atoms with van der Waals surface area (Å²) in [6.07, 6.45) is 4.82. The van der Waals surface area contributed by atoms with E-state index in [1.54, 1.807) is 0 Å². The molecule has 1 aromatic heterocycles. The van der Waals surface area contributed by atoms with E-state index < -0.39 is 0 Å². The zero-order valence-electron chi connectivity index (χ0n) is 17.4. The lowest BCUT2D eigenvalue weighted by Crippen LogP contribution is -2.43. The Morgan fingerprint density at radius 1 is 1.10 bits per heavy atom. The Hall–Kier alpha value is -3.20. The SMILES string of the molecule is N#CCC1CCc2nc(-c3ccc(C4(N)CCC4)cc3)c(-c3ccccc3)cc2N1[O-]. The minimum atomic E-state index is -0.309. The topological polar surface area (TPSA) is 89.0 Å². The summed E-state index contributed by atoms with van der Waals surface area (Å²) in [6, 6.07) is 22.2. The van der Waals surface area contributed by atoms with Crippen molar-refractivity contribution in [2.24, 2.45) is 5.73 Å². The number of fused-ring (bicyclic) bond motifs is 1. The van der Waals surface area contributed by atoms with E-state index in [-0.39, 0.29) is 18.0 Å². The molecular formula is C26H25N4O-. The zero-order chi connectivity index (χ0) is 21.4. The third-order valence-corrected chi connectivity index (χ3v) is 6.75. The van der Waals surface area contributed by atoms with Crippen LogP contribution in [0.2, 0.25) is 0 Å². The number of hydrogen-bond donors (Lipinski definition) is 1. The smallest absolute Gasteiger partial charge is 0.0785 e. The van der Waals surface area contributed by atoms with Gasteiger partial charge in [0.1, 0.15) is 0 Å². The van der Waals surface area contributed by atoms with Crippen LogP contribution < -0.4 is 10.8 Å². The first-order chi connectivity index (χ1) is 15.1. The molecule has 5 rings (SSSR count). The number of hydrogen-bond acceptors (Lipinski definition) is 5.